The first-order valence-electron chi connectivity index (χ1n) is 6.54. The minimum absolute atomic E-state index is 0.107. The van der Waals surface area contributed by atoms with Crippen molar-refractivity contribution in [3.8, 4) is 0 Å². The van der Waals surface area contributed by atoms with Gasteiger partial charge in [-0.1, -0.05) is 0 Å². The van der Waals surface area contributed by atoms with Gasteiger partial charge in [0.05, 0.1) is 36.4 Å². The Morgan fingerprint density at radius 1 is 1.58 bits per heavy atom. The van der Waals surface area contributed by atoms with Crippen molar-refractivity contribution in [1.29, 1.82) is 0 Å². The third-order valence-electron chi connectivity index (χ3n) is 3.67. The van der Waals surface area contributed by atoms with Crippen molar-refractivity contribution in [1.82, 2.24) is 4.90 Å². The van der Waals surface area contributed by atoms with E-state index < -0.39 is 4.92 Å². The minimum Gasteiger partial charge on any atom is -0.399 e. The molecule has 2 aliphatic rings. The molecule has 0 bridgehead atoms. The Hall–Kier alpha value is -1.47. The van der Waals surface area contributed by atoms with Crippen LogP contribution in [-0.4, -0.2) is 53.9 Å². The number of aliphatic imine (C=N–C) groups is 1. The van der Waals surface area contributed by atoms with Crippen LogP contribution in [0.2, 0.25) is 0 Å². The van der Waals surface area contributed by atoms with E-state index in [9.17, 15) is 10.1 Å². The molecule has 0 spiro atoms. The molecule has 7 heteroatoms. The largest absolute Gasteiger partial charge is 0.399 e. The predicted octanol–water partition coefficient (Wildman–Crippen LogP) is 0.387. The SMILES string of the molecule is CC(=N[C@H]1CCCN(C2COC2)C1)C(=CN)[N+](=O)[O-]. The second kappa shape index (κ2) is 6.12. The normalized spacial score (nSPS) is 27.1. The Morgan fingerprint density at radius 2 is 2.32 bits per heavy atom. The Labute approximate surface area is 112 Å². The average Bonchev–Trinajstić information content (AvgIpc) is 2.27. The summed E-state index contributed by atoms with van der Waals surface area (Å²) >= 11 is 0. The van der Waals surface area contributed by atoms with Crippen LogP contribution in [-0.2, 0) is 4.74 Å². The maximum Gasteiger partial charge on any atom is 0.305 e. The van der Waals surface area contributed by atoms with Crippen molar-refractivity contribution in [2.24, 2.45) is 10.7 Å². The number of hydrogen-bond donors (Lipinski definition) is 1. The highest BCUT2D eigenvalue weighted by atomic mass is 16.6. The number of nitrogens with two attached hydrogens (primary N) is 1. The van der Waals surface area contributed by atoms with Crippen molar-refractivity contribution in [3.63, 3.8) is 0 Å². The van der Waals surface area contributed by atoms with Gasteiger partial charge in [0.1, 0.15) is 5.71 Å². The third kappa shape index (κ3) is 3.30. The van der Waals surface area contributed by atoms with Crippen LogP contribution < -0.4 is 5.73 Å². The van der Waals surface area contributed by atoms with E-state index in [-0.39, 0.29) is 11.7 Å². The molecule has 106 valence electrons. The first kappa shape index (κ1) is 14.0. The van der Waals surface area contributed by atoms with Crippen molar-refractivity contribution < 1.29 is 9.66 Å². The number of piperidine rings is 1. The molecule has 2 rings (SSSR count). The predicted molar refractivity (Wildman–Crippen MR) is 71.6 cm³/mol. The number of likely N-dealkylation sites (tertiary alicyclic amines) is 1. The molecule has 0 aliphatic carbocycles. The highest BCUT2D eigenvalue weighted by molar-refractivity contribution is 5.95. The van der Waals surface area contributed by atoms with Crippen LogP contribution in [0, 0.1) is 10.1 Å². The molecule has 0 radical (unpaired) electrons. The van der Waals surface area contributed by atoms with E-state index in [4.69, 9.17) is 10.5 Å². The molecule has 0 amide bonds. The van der Waals surface area contributed by atoms with Gasteiger partial charge in [0, 0.05) is 6.54 Å². The lowest BCUT2D eigenvalue weighted by Gasteiger charge is -2.41. The Kier molecular flexibility index (Phi) is 4.49. The average molecular weight is 268 g/mol. The van der Waals surface area contributed by atoms with Crippen LogP contribution in [0.4, 0.5) is 0 Å². The van der Waals surface area contributed by atoms with Crippen LogP contribution in [0.3, 0.4) is 0 Å². The Bertz CT molecular complexity index is 404. The van der Waals surface area contributed by atoms with E-state index in [1.165, 1.54) is 0 Å². The summed E-state index contributed by atoms with van der Waals surface area (Å²) in [4.78, 5) is 17.1. The van der Waals surface area contributed by atoms with Crippen molar-refractivity contribution in [2.45, 2.75) is 31.8 Å². The number of nitro groups is 1. The molecular weight excluding hydrogens is 248 g/mol. The smallest absolute Gasteiger partial charge is 0.305 e. The number of ether oxygens (including phenoxy) is 1. The molecule has 0 aromatic rings. The van der Waals surface area contributed by atoms with Crippen LogP contribution in [0.25, 0.3) is 0 Å². The summed E-state index contributed by atoms with van der Waals surface area (Å²) in [6, 6.07) is 0.614. The number of rotatable bonds is 4. The second-order valence-corrected chi connectivity index (χ2v) is 5.01. The zero-order valence-corrected chi connectivity index (χ0v) is 11.1. The molecule has 2 N–H and O–H groups in total. The summed E-state index contributed by atoms with van der Waals surface area (Å²) in [5, 5.41) is 10.8. The van der Waals surface area contributed by atoms with Crippen molar-refractivity contribution in [3.05, 3.63) is 22.0 Å². The van der Waals surface area contributed by atoms with E-state index in [1.54, 1.807) is 6.92 Å². The summed E-state index contributed by atoms with van der Waals surface area (Å²) < 4.78 is 5.20. The third-order valence-corrected chi connectivity index (χ3v) is 3.67. The summed E-state index contributed by atoms with van der Waals surface area (Å²) in [6.07, 6.45) is 3.05. The standard InChI is InChI=1S/C12H20N4O3/c1-9(12(5-13)16(17)18)14-10-3-2-4-15(6-10)11-7-19-8-11/h5,10-11H,2-4,6-8,13H2,1H3/t10-/m0/s1. The van der Waals surface area contributed by atoms with Gasteiger partial charge in [0.2, 0.25) is 0 Å². The molecule has 2 aliphatic heterocycles. The molecule has 2 saturated heterocycles. The van der Waals surface area contributed by atoms with E-state index in [2.05, 4.69) is 9.89 Å². The second-order valence-electron chi connectivity index (χ2n) is 5.01. The summed E-state index contributed by atoms with van der Waals surface area (Å²) in [5.74, 6) is 0. The first-order chi connectivity index (χ1) is 9.11. The van der Waals surface area contributed by atoms with E-state index in [0.29, 0.717) is 11.8 Å². The highest BCUT2D eigenvalue weighted by Crippen LogP contribution is 2.20. The van der Waals surface area contributed by atoms with E-state index in [1.807, 2.05) is 0 Å². The molecule has 0 unspecified atom stereocenters. The molecule has 1 atom stereocenters. The fraction of sp³-hybridized carbons (Fsp3) is 0.750. The molecule has 19 heavy (non-hydrogen) atoms. The lowest BCUT2D eigenvalue weighted by molar-refractivity contribution is -0.415. The van der Waals surface area contributed by atoms with Crippen LogP contribution in [0.15, 0.2) is 16.9 Å². The van der Waals surface area contributed by atoms with Gasteiger partial charge in [-0.15, -0.1) is 0 Å². The topological polar surface area (TPSA) is 94.0 Å². The van der Waals surface area contributed by atoms with Crippen molar-refractivity contribution in [2.75, 3.05) is 26.3 Å². The maximum absolute atomic E-state index is 10.8. The quantitative estimate of drug-likeness (QED) is 0.452. The molecule has 0 saturated carbocycles. The molecule has 7 nitrogen and oxygen atoms in total. The molecule has 0 aromatic heterocycles. The lowest BCUT2D eigenvalue weighted by atomic mass is 10.0. The zero-order chi connectivity index (χ0) is 13.8. The maximum atomic E-state index is 10.8. The lowest BCUT2D eigenvalue weighted by Crippen LogP contribution is -2.53. The fourth-order valence-corrected chi connectivity index (χ4v) is 2.51. The van der Waals surface area contributed by atoms with E-state index >= 15 is 0 Å². The van der Waals surface area contributed by atoms with Gasteiger partial charge in [-0.2, -0.15) is 0 Å². The highest BCUT2D eigenvalue weighted by Gasteiger charge is 2.30. The molecule has 0 aromatic carbocycles. The monoisotopic (exact) mass is 268 g/mol. The van der Waals surface area contributed by atoms with Gasteiger partial charge < -0.3 is 10.5 Å². The first-order valence-corrected chi connectivity index (χ1v) is 6.54. The molecule has 2 heterocycles. The molecule has 2 fully saturated rings. The summed E-state index contributed by atoms with van der Waals surface area (Å²) in [6.45, 7) is 5.14. The van der Waals surface area contributed by atoms with Gasteiger partial charge in [-0.3, -0.25) is 20.0 Å². The van der Waals surface area contributed by atoms with Gasteiger partial charge in [-0.05, 0) is 26.3 Å². The zero-order valence-electron chi connectivity index (χ0n) is 11.1. The van der Waals surface area contributed by atoms with Gasteiger partial charge in [0.25, 0.3) is 0 Å². The summed E-state index contributed by atoms with van der Waals surface area (Å²) in [7, 11) is 0. The van der Waals surface area contributed by atoms with Crippen LogP contribution in [0.5, 0.6) is 0 Å². The summed E-state index contributed by atoms with van der Waals surface area (Å²) in [5.41, 5.74) is 5.57. The van der Waals surface area contributed by atoms with Gasteiger partial charge in [0.15, 0.2) is 0 Å². The Balaban J connectivity index is 1.98. The van der Waals surface area contributed by atoms with Gasteiger partial charge >= 0.3 is 5.70 Å². The fourth-order valence-electron chi connectivity index (χ4n) is 2.51. The van der Waals surface area contributed by atoms with Gasteiger partial charge in [-0.25, -0.2) is 0 Å². The van der Waals surface area contributed by atoms with Crippen molar-refractivity contribution >= 4 is 5.71 Å². The van der Waals surface area contributed by atoms with Crippen LogP contribution in [0.1, 0.15) is 19.8 Å². The minimum atomic E-state index is -0.487. The molecular formula is C12H20N4O3. The van der Waals surface area contributed by atoms with E-state index in [0.717, 1.165) is 45.3 Å². The number of nitrogens with zero attached hydrogens (tertiary/aromatic N) is 3. The van der Waals surface area contributed by atoms with Crippen LogP contribution >= 0.6 is 0 Å². The number of allylic oxidation sites excluding steroid dienone is 1. The number of hydrogen-bond acceptors (Lipinski definition) is 6. The Morgan fingerprint density at radius 3 is 2.84 bits per heavy atom.